The monoisotopic (exact) mass is 317 g/mol. The fourth-order valence-corrected chi connectivity index (χ4v) is 2.86. The summed E-state index contributed by atoms with van der Waals surface area (Å²) in [6.07, 6.45) is 0.236. The van der Waals surface area contributed by atoms with Crippen LogP contribution in [0.4, 0.5) is 10.1 Å². The molecule has 3 nitrogen and oxygen atoms in total. The van der Waals surface area contributed by atoms with Crippen molar-refractivity contribution in [2.75, 3.05) is 4.90 Å². The van der Waals surface area contributed by atoms with Gasteiger partial charge in [-0.1, -0.05) is 11.6 Å². The summed E-state index contributed by atoms with van der Waals surface area (Å²) in [6, 6.07) is 10.0. The van der Waals surface area contributed by atoms with Crippen molar-refractivity contribution in [2.45, 2.75) is 19.4 Å². The van der Waals surface area contributed by atoms with Crippen LogP contribution in [0, 0.1) is 5.82 Å². The Kier molecular flexibility index (Phi) is 3.71. The number of hydrogen-bond donors (Lipinski definition) is 0. The summed E-state index contributed by atoms with van der Waals surface area (Å²) in [5, 5.41) is 0.454. The molecule has 0 radical (unpaired) electrons. The van der Waals surface area contributed by atoms with Crippen LogP contribution in [0.15, 0.2) is 42.5 Å². The van der Waals surface area contributed by atoms with Gasteiger partial charge in [0.15, 0.2) is 5.78 Å². The molecule has 0 saturated heterocycles. The molecule has 2 aromatic rings. The van der Waals surface area contributed by atoms with Gasteiger partial charge >= 0.3 is 0 Å². The fraction of sp³-hybridized carbons (Fsp3) is 0.176. The lowest BCUT2D eigenvalue weighted by Gasteiger charge is -2.34. The van der Waals surface area contributed by atoms with E-state index in [-0.39, 0.29) is 24.2 Å². The molecule has 0 spiro atoms. The number of carbonyl (C=O) groups excluding carboxylic acids is 2. The first kappa shape index (κ1) is 14.7. The predicted octanol–water partition coefficient (Wildman–Crippen LogP) is 4.10. The Morgan fingerprint density at radius 2 is 1.91 bits per heavy atom. The van der Waals surface area contributed by atoms with Crippen LogP contribution in [-0.2, 0) is 0 Å². The maximum absolute atomic E-state index is 13.0. The Morgan fingerprint density at radius 1 is 1.23 bits per heavy atom. The van der Waals surface area contributed by atoms with Crippen LogP contribution in [0.1, 0.15) is 34.1 Å². The van der Waals surface area contributed by atoms with Gasteiger partial charge in [-0.3, -0.25) is 9.59 Å². The van der Waals surface area contributed by atoms with Crippen LogP contribution in [0.2, 0.25) is 5.02 Å². The number of fused-ring (bicyclic) bond motifs is 1. The second-order valence-electron chi connectivity index (χ2n) is 5.32. The highest BCUT2D eigenvalue weighted by Gasteiger charge is 2.33. The SMILES string of the molecule is CC1CC(=O)c2cc(Cl)ccc2N1C(=O)c1ccc(F)cc1. The quantitative estimate of drug-likeness (QED) is 0.794. The molecule has 22 heavy (non-hydrogen) atoms. The number of rotatable bonds is 1. The average molecular weight is 318 g/mol. The molecule has 112 valence electrons. The van der Waals surface area contributed by atoms with E-state index in [0.29, 0.717) is 21.8 Å². The number of ketones is 1. The molecule has 1 unspecified atom stereocenters. The van der Waals surface area contributed by atoms with E-state index in [1.165, 1.54) is 24.3 Å². The highest BCUT2D eigenvalue weighted by atomic mass is 35.5. The molecule has 1 aliphatic rings. The molecule has 5 heteroatoms. The molecule has 0 N–H and O–H groups in total. The summed E-state index contributed by atoms with van der Waals surface area (Å²) >= 11 is 5.94. The first-order valence-electron chi connectivity index (χ1n) is 6.89. The van der Waals surface area contributed by atoms with Crippen LogP contribution >= 0.6 is 11.6 Å². The largest absolute Gasteiger partial charge is 0.304 e. The third kappa shape index (κ3) is 2.50. The Hall–Kier alpha value is -2.20. The van der Waals surface area contributed by atoms with Crippen LogP contribution in [0.25, 0.3) is 0 Å². The minimum Gasteiger partial charge on any atom is -0.304 e. The maximum atomic E-state index is 13.0. The zero-order valence-electron chi connectivity index (χ0n) is 11.8. The number of Topliss-reactive ketones (excluding diaryl/α,β-unsaturated/α-hetero) is 1. The molecular weight excluding hydrogens is 305 g/mol. The maximum Gasteiger partial charge on any atom is 0.258 e. The van der Waals surface area contributed by atoms with E-state index in [9.17, 15) is 14.0 Å². The van der Waals surface area contributed by atoms with Gasteiger partial charge in [-0.25, -0.2) is 4.39 Å². The van der Waals surface area contributed by atoms with Crippen molar-refractivity contribution in [3.05, 3.63) is 64.4 Å². The molecule has 3 rings (SSSR count). The summed E-state index contributed by atoms with van der Waals surface area (Å²) in [7, 11) is 0. The van der Waals surface area contributed by atoms with E-state index in [1.807, 2.05) is 6.92 Å². The molecule has 1 heterocycles. The predicted molar refractivity (Wildman–Crippen MR) is 83.1 cm³/mol. The molecular formula is C17H13ClFNO2. The van der Waals surface area contributed by atoms with Crippen molar-refractivity contribution < 1.29 is 14.0 Å². The van der Waals surface area contributed by atoms with Gasteiger partial charge in [0, 0.05) is 28.6 Å². The molecule has 0 fully saturated rings. The molecule has 1 atom stereocenters. The van der Waals surface area contributed by atoms with Gasteiger partial charge in [0.1, 0.15) is 5.82 Å². The number of hydrogen-bond acceptors (Lipinski definition) is 2. The normalized spacial score (nSPS) is 17.3. The fourth-order valence-electron chi connectivity index (χ4n) is 2.69. The van der Waals surface area contributed by atoms with Crippen molar-refractivity contribution in [3.8, 4) is 0 Å². The van der Waals surface area contributed by atoms with Gasteiger partial charge in [0.2, 0.25) is 0 Å². The van der Waals surface area contributed by atoms with Crippen LogP contribution in [-0.4, -0.2) is 17.7 Å². The van der Waals surface area contributed by atoms with Crippen molar-refractivity contribution >= 4 is 29.0 Å². The Bertz CT molecular complexity index is 758. The van der Waals surface area contributed by atoms with E-state index in [4.69, 9.17) is 11.6 Å². The molecule has 0 saturated carbocycles. The first-order chi connectivity index (χ1) is 10.5. The smallest absolute Gasteiger partial charge is 0.258 e. The minimum absolute atomic E-state index is 0.0341. The van der Waals surface area contributed by atoms with E-state index in [2.05, 4.69) is 0 Å². The molecule has 1 aliphatic heterocycles. The van der Waals surface area contributed by atoms with E-state index in [1.54, 1.807) is 23.1 Å². The van der Waals surface area contributed by atoms with E-state index >= 15 is 0 Å². The molecule has 0 bridgehead atoms. The van der Waals surface area contributed by atoms with E-state index < -0.39 is 5.82 Å². The zero-order valence-corrected chi connectivity index (χ0v) is 12.6. The number of benzene rings is 2. The summed E-state index contributed by atoms with van der Waals surface area (Å²) in [6.45, 7) is 1.82. The van der Waals surface area contributed by atoms with Gasteiger partial charge in [0.05, 0.1) is 5.69 Å². The lowest BCUT2D eigenvalue weighted by molar-refractivity contribution is 0.0936. The van der Waals surface area contributed by atoms with Gasteiger partial charge in [-0.05, 0) is 49.4 Å². The molecule has 0 aliphatic carbocycles. The number of halogens is 2. The highest BCUT2D eigenvalue weighted by molar-refractivity contribution is 6.31. The van der Waals surface area contributed by atoms with Crippen LogP contribution in [0.3, 0.4) is 0 Å². The number of carbonyl (C=O) groups is 2. The Labute approximate surface area is 132 Å². The third-order valence-corrected chi connectivity index (χ3v) is 3.99. The summed E-state index contributed by atoms with van der Waals surface area (Å²) in [5.41, 5.74) is 1.37. The Morgan fingerprint density at radius 3 is 2.59 bits per heavy atom. The molecule has 1 amide bonds. The van der Waals surface area contributed by atoms with Crippen LogP contribution < -0.4 is 4.90 Å². The second kappa shape index (κ2) is 5.54. The summed E-state index contributed by atoms with van der Waals surface area (Å²) in [4.78, 5) is 26.5. The van der Waals surface area contributed by atoms with Crippen LogP contribution in [0.5, 0.6) is 0 Å². The third-order valence-electron chi connectivity index (χ3n) is 3.75. The molecule has 2 aromatic carbocycles. The lowest BCUT2D eigenvalue weighted by Crippen LogP contribution is -2.44. The summed E-state index contributed by atoms with van der Waals surface area (Å²) in [5.74, 6) is -0.692. The minimum atomic E-state index is -0.398. The van der Waals surface area contributed by atoms with Gasteiger partial charge in [0.25, 0.3) is 5.91 Å². The first-order valence-corrected chi connectivity index (χ1v) is 7.27. The topological polar surface area (TPSA) is 37.4 Å². The van der Waals surface area contributed by atoms with Gasteiger partial charge in [-0.2, -0.15) is 0 Å². The zero-order chi connectivity index (χ0) is 15.9. The standard InChI is InChI=1S/C17H13ClFNO2/c1-10-8-16(21)14-9-12(18)4-7-15(14)20(10)17(22)11-2-5-13(19)6-3-11/h2-7,9-10H,8H2,1H3. The van der Waals surface area contributed by atoms with Crippen molar-refractivity contribution in [1.29, 1.82) is 0 Å². The second-order valence-corrected chi connectivity index (χ2v) is 5.76. The lowest BCUT2D eigenvalue weighted by atomic mass is 9.94. The Balaban J connectivity index is 2.06. The number of anilines is 1. The van der Waals surface area contributed by atoms with Crippen molar-refractivity contribution in [1.82, 2.24) is 0 Å². The summed E-state index contributed by atoms with van der Waals surface area (Å²) < 4.78 is 13.0. The van der Waals surface area contributed by atoms with Crippen molar-refractivity contribution in [2.24, 2.45) is 0 Å². The van der Waals surface area contributed by atoms with Gasteiger partial charge < -0.3 is 4.90 Å². The van der Waals surface area contributed by atoms with E-state index in [0.717, 1.165) is 0 Å². The van der Waals surface area contributed by atoms with Crippen molar-refractivity contribution in [3.63, 3.8) is 0 Å². The number of nitrogens with zero attached hydrogens (tertiary/aromatic N) is 1. The average Bonchev–Trinajstić information content (AvgIpc) is 2.48. The molecule has 0 aromatic heterocycles. The number of amides is 1. The highest BCUT2D eigenvalue weighted by Crippen LogP contribution is 2.33. The van der Waals surface area contributed by atoms with Gasteiger partial charge in [-0.15, -0.1) is 0 Å².